The third kappa shape index (κ3) is 5.52. The number of piperazine rings is 1. The maximum atomic E-state index is 13.3. The molecule has 12 heteroatoms. The van der Waals surface area contributed by atoms with E-state index in [1.54, 1.807) is 29.6 Å². The Labute approximate surface area is 207 Å². The summed E-state index contributed by atoms with van der Waals surface area (Å²) in [5.41, 5.74) is -2.51. The van der Waals surface area contributed by atoms with Crippen molar-refractivity contribution in [2.75, 3.05) is 50.8 Å². The molecule has 1 aromatic heterocycles. The zero-order chi connectivity index (χ0) is 25.4. The van der Waals surface area contributed by atoms with Crippen molar-refractivity contribution in [1.29, 1.82) is 0 Å². The van der Waals surface area contributed by atoms with Gasteiger partial charge >= 0.3 is 6.18 Å². The Balaban J connectivity index is 1.59. The van der Waals surface area contributed by atoms with Gasteiger partial charge in [-0.1, -0.05) is 18.2 Å². The lowest BCUT2D eigenvalue weighted by atomic mass is 9.95. The number of morpholine rings is 1. The third-order valence-electron chi connectivity index (χ3n) is 6.64. The van der Waals surface area contributed by atoms with Crippen LogP contribution in [0.3, 0.4) is 0 Å². The number of alkyl halides is 3. The van der Waals surface area contributed by atoms with E-state index < -0.39 is 21.8 Å². The second kappa shape index (κ2) is 9.98. The zero-order valence-electron chi connectivity index (χ0n) is 19.6. The van der Waals surface area contributed by atoms with E-state index in [1.165, 1.54) is 27.8 Å². The molecule has 0 saturated carbocycles. The van der Waals surface area contributed by atoms with Crippen molar-refractivity contribution >= 4 is 27.0 Å². The van der Waals surface area contributed by atoms with Gasteiger partial charge in [0.25, 0.3) is 10.0 Å². The van der Waals surface area contributed by atoms with Gasteiger partial charge in [-0.25, -0.2) is 8.42 Å². The fraction of sp³-hybridized carbons (Fsp3) is 0.565. The van der Waals surface area contributed by atoms with Crippen molar-refractivity contribution in [1.82, 2.24) is 9.21 Å². The summed E-state index contributed by atoms with van der Waals surface area (Å²) in [5, 5.41) is 11.7. The number of nitrogens with zero attached hydrogens (tertiary/aromatic N) is 3. The molecule has 0 spiro atoms. The van der Waals surface area contributed by atoms with E-state index >= 15 is 0 Å². The summed E-state index contributed by atoms with van der Waals surface area (Å²) in [6.07, 6.45) is -4.73. The van der Waals surface area contributed by atoms with E-state index in [0.717, 1.165) is 20.0 Å². The first-order chi connectivity index (χ1) is 16.4. The number of thiophene rings is 1. The van der Waals surface area contributed by atoms with Crippen molar-refractivity contribution in [2.45, 2.75) is 42.0 Å². The number of rotatable bonds is 6. The molecule has 0 unspecified atom stereocenters. The van der Waals surface area contributed by atoms with Crippen LogP contribution >= 0.6 is 11.3 Å². The summed E-state index contributed by atoms with van der Waals surface area (Å²) in [4.78, 5) is 4.28. The first-order valence-corrected chi connectivity index (χ1v) is 13.8. The molecular formula is C23H30F3N3O4S2. The fourth-order valence-corrected chi connectivity index (χ4v) is 7.19. The van der Waals surface area contributed by atoms with E-state index in [1.807, 2.05) is 11.8 Å². The van der Waals surface area contributed by atoms with Gasteiger partial charge in [0, 0.05) is 45.0 Å². The monoisotopic (exact) mass is 533 g/mol. The molecule has 0 bridgehead atoms. The molecule has 2 saturated heterocycles. The van der Waals surface area contributed by atoms with Crippen molar-refractivity contribution in [3.8, 4) is 0 Å². The molecule has 1 N–H and O–H groups in total. The van der Waals surface area contributed by atoms with Crippen molar-refractivity contribution in [3.05, 3.63) is 47.3 Å². The Hall–Kier alpha value is -1.70. The van der Waals surface area contributed by atoms with Gasteiger partial charge in [0.1, 0.15) is 4.21 Å². The molecule has 0 amide bonds. The third-order valence-corrected chi connectivity index (χ3v) is 9.88. The second-order valence-electron chi connectivity index (χ2n) is 9.20. The van der Waals surface area contributed by atoms with Crippen molar-refractivity contribution in [2.24, 2.45) is 0 Å². The minimum Gasteiger partial charge on any atom is -0.376 e. The average molecular weight is 534 g/mol. The normalized spacial score (nSPS) is 24.9. The SMILES string of the molecule is C[C@H]1CN(C[C@H]2CN(S(=O)(=O)c3cccs3)CCN2c2ccc([C@](C)(O)C(F)(F)F)cc2)CCO1. The molecule has 2 aliphatic rings. The van der Waals surface area contributed by atoms with Crippen LogP contribution in [0.4, 0.5) is 18.9 Å². The topological polar surface area (TPSA) is 73.3 Å². The molecule has 0 radical (unpaired) electrons. The van der Waals surface area contributed by atoms with Gasteiger partial charge in [-0.3, -0.25) is 4.90 Å². The van der Waals surface area contributed by atoms with E-state index in [4.69, 9.17) is 4.74 Å². The molecule has 0 aliphatic carbocycles. The van der Waals surface area contributed by atoms with Crippen molar-refractivity contribution in [3.63, 3.8) is 0 Å². The molecule has 3 heterocycles. The average Bonchev–Trinajstić information content (AvgIpc) is 3.34. The fourth-order valence-electron chi connectivity index (χ4n) is 4.57. The summed E-state index contributed by atoms with van der Waals surface area (Å²) in [5.74, 6) is 0. The highest BCUT2D eigenvalue weighted by atomic mass is 32.2. The lowest BCUT2D eigenvalue weighted by Crippen LogP contribution is -2.59. The summed E-state index contributed by atoms with van der Waals surface area (Å²) in [6.45, 7) is 6.26. The number of benzene rings is 1. The van der Waals surface area contributed by atoms with E-state index in [2.05, 4.69) is 4.90 Å². The lowest BCUT2D eigenvalue weighted by Gasteiger charge is -2.45. The van der Waals surface area contributed by atoms with Crippen LogP contribution in [0, 0.1) is 0 Å². The Morgan fingerprint density at radius 1 is 1.11 bits per heavy atom. The van der Waals surface area contributed by atoms with Gasteiger partial charge in [-0.15, -0.1) is 11.3 Å². The highest BCUT2D eigenvalue weighted by Crippen LogP contribution is 2.39. The lowest BCUT2D eigenvalue weighted by molar-refractivity contribution is -0.258. The Kier molecular flexibility index (Phi) is 7.52. The number of aliphatic hydroxyl groups is 1. The Bertz CT molecular complexity index is 1090. The molecule has 2 aliphatic heterocycles. The Morgan fingerprint density at radius 3 is 2.43 bits per heavy atom. The van der Waals surface area contributed by atoms with Crippen LogP contribution in [0.25, 0.3) is 0 Å². The van der Waals surface area contributed by atoms with Crippen LogP contribution in [0.1, 0.15) is 19.4 Å². The molecule has 194 valence electrons. The predicted octanol–water partition coefficient (Wildman–Crippen LogP) is 3.12. The number of halogens is 3. The van der Waals surface area contributed by atoms with Gasteiger partial charge in [0.05, 0.1) is 18.8 Å². The van der Waals surface area contributed by atoms with E-state index in [-0.39, 0.29) is 30.8 Å². The summed E-state index contributed by atoms with van der Waals surface area (Å²) < 4.78 is 73.6. The predicted molar refractivity (Wildman–Crippen MR) is 128 cm³/mol. The van der Waals surface area contributed by atoms with Crippen LogP contribution in [-0.2, 0) is 20.4 Å². The van der Waals surface area contributed by atoms with Crippen molar-refractivity contribution < 1.29 is 31.4 Å². The molecular weight excluding hydrogens is 503 g/mol. The highest BCUT2D eigenvalue weighted by Gasteiger charge is 2.51. The van der Waals surface area contributed by atoms with Gasteiger partial charge in [-0.05, 0) is 43.0 Å². The summed E-state index contributed by atoms with van der Waals surface area (Å²) in [7, 11) is -3.63. The Morgan fingerprint density at radius 2 is 1.83 bits per heavy atom. The minimum absolute atomic E-state index is 0.0654. The quantitative estimate of drug-likeness (QED) is 0.615. The molecule has 7 nitrogen and oxygen atoms in total. The number of anilines is 1. The van der Waals surface area contributed by atoms with Crippen LogP contribution in [0.2, 0.25) is 0 Å². The molecule has 1 aromatic carbocycles. The zero-order valence-corrected chi connectivity index (χ0v) is 21.2. The smallest absolute Gasteiger partial charge is 0.376 e. The maximum Gasteiger partial charge on any atom is 0.421 e. The van der Waals surface area contributed by atoms with E-state index in [0.29, 0.717) is 29.6 Å². The van der Waals surface area contributed by atoms with Crippen LogP contribution in [0.5, 0.6) is 0 Å². The molecule has 2 fully saturated rings. The largest absolute Gasteiger partial charge is 0.421 e. The van der Waals surface area contributed by atoms with Gasteiger partial charge in [0.2, 0.25) is 0 Å². The number of ether oxygens (including phenoxy) is 1. The second-order valence-corrected chi connectivity index (χ2v) is 12.3. The first kappa shape index (κ1) is 26.4. The molecule has 35 heavy (non-hydrogen) atoms. The molecule has 3 atom stereocenters. The number of hydrogen-bond donors (Lipinski definition) is 1. The summed E-state index contributed by atoms with van der Waals surface area (Å²) >= 11 is 1.18. The standard InChI is InChI=1S/C23H30F3N3O4S2/c1-17-14-27(11-12-33-17)15-20-16-28(35(31,32)21-4-3-13-34-21)9-10-29(20)19-7-5-18(6-8-19)22(2,30)23(24,25)26/h3-8,13,17,20,30H,9-12,14-16H2,1-2H3/t17-,20-,22-/m0/s1. The summed E-state index contributed by atoms with van der Waals surface area (Å²) in [6, 6.07) is 8.78. The number of hydrogen-bond acceptors (Lipinski definition) is 7. The molecule has 4 rings (SSSR count). The first-order valence-electron chi connectivity index (χ1n) is 11.4. The number of sulfonamides is 1. The molecule has 2 aromatic rings. The van der Waals surface area contributed by atoms with E-state index in [9.17, 15) is 26.7 Å². The van der Waals surface area contributed by atoms with Gasteiger partial charge in [-0.2, -0.15) is 17.5 Å². The highest BCUT2D eigenvalue weighted by molar-refractivity contribution is 7.91. The van der Waals surface area contributed by atoms with Crippen LogP contribution in [-0.4, -0.2) is 86.9 Å². The van der Waals surface area contributed by atoms with Crippen LogP contribution < -0.4 is 4.90 Å². The minimum atomic E-state index is -4.80. The van der Waals surface area contributed by atoms with Gasteiger partial charge in [0.15, 0.2) is 5.60 Å². The van der Waals surface area contributed by atoms with Crippen LogP contribution in [0.15, 0.2) is 46.0 Å². The van der Waals surface area contributed by atoms with Gasteiger partial charge < -0.3 is 14.7 Å². The maximum absolute atomic E-state index is 13.3.